The minimum absolute atomic E-state index is 0.196. The highest BCUT2D eigenvalue weighted by atomic mass is 16.7. The monoisotopic (exact) mass is 396 g/mol. The molecule has 2 heterocycles. The topological polar surface area (TPSA) is 132 Å². The molecule has 0 aromatic heterocycles. The number of ether oxygens (including phenoxy) is 4. The van der Waals surface area contributed by atoms with Gasteiger partial charge in [-0.2, -0.15) is 0 Å². The molecule has 1 spiro atoms. The van der Waals surface area contributed by atoms with Crippen molar-refractivity contribution in [2.24, 2.45) is 10.8 Å². The van der Waals surface area contributed by atoms with Crippen molar-refractivity contribution in [1.82, 2.24) is 0 Å². The quantitative estimate of drug-likeness (QED) is 0.468. The van der Waals surface area contributed by atoms with Crippen LogP contribution in [0.5, 0.6) is 0 Å². The van der Waals surface area contributed by atoms with Crippen molar-refractivity contribution in [2.75, 3.05) is 13.2 Å². The van der Waals surface area contributed by atoms with Crippen LogP contribution in [0.4, 0.5) is 0 Å². The van der Waals surface area contributed by atoms with Gasteiger partial charge in [0.25, 0.3) is 0 Å². The number of aliphatic hydroxyl groups is 2. The Balaban J connectivity index is 1.91. The summed E-state index contributed by atoms with van der Waals surface area (Å²) in [6, 6.07) is 0. The van der Waals surface area contributed by atoms with Crippen LogP contribution in [0, 0.1) is 10.8 Å². The van der Waals surface area contributed by atoms with Gasteiger partial charge < -0.3 is 29.2 Å². The van der Waals surface area contributed by atoms with Crippen molar-refractivity contribution in [3.05, 3.63) is 11.6 Å². The predicted molar refractivity (Wildman–Crippen MR) is 90.8 cm³/mol. The van der Waals surface area contributed by atoms with Gasteiger partial charge >= 0.3 is 11.9 Å². The fraction of sp³-hybridized carbons (Fsp3) is 0.737. The molecule has 0 aromatic rings. The van der Waals surface area contributed by atoms with Gasteiger partial charge in [0, 0.05) is 19.3 Å². The van der Waals surface area contributed by atoms with E-state index < -0.39 is 64.7 Å². The molecular weight excluding hydrogens is 372 g/mol. The van der Waals surface area contributed by atoms with E-state index in [4.69, 9.17) is 18.9 Å². The van der Waals surface area contributed by atoms with Crippen molar-refractivity contribution >= 4 is 17.7 Å². The molecule has 8 unspecified atom stereocenters. The van der Waals surface area contributed by atoms with E-state index in [0.29, 0.717) is 5.57 Å². The lowest BCUT2D eigenvalue weighted by atomic mass is 9.50. The molecule has 0 amide bonds. The van der Waals surface area contributed by atoms with Gasteiger partial charge in [0.05, 0.1) is 18.1 Å². The Morgan fingerprint density at radius 1 is 1.29 bits per heavy atom. The summed E-state index contributed by atoms with van der Waals surface area (Å²) in [7, 11) is 0. The van der Waals surface area contributed by atoms with Crippen LogP contribution in [0.25, 0.3) is 0 Å². The standard InChI is InChI=1S/C19H24O9/c1-8-5-11-18(6-25-9(2)20,14(23)12(8)22)17(4)15(24)13(27-10(3)21)16(28-11)19(17)7-26-19/h5,11,13-16,23-24H,6-7H2,1-4H3. The van der Waals surface area contributed by atoms with E-state index in [-0.39, 0.29) is 13.2 Å². The van der Waals surface area contributed by atoms with Crippen molar-refractivity contribution in [3.63, 3.8) is 0 Å². The molecule has 154 valence electrons. The molecule has 9 nitrogen and oxygen atoms in total. The first-order chi connectivity index (χ1) is 13.0. The Hall–Kier alpha value is -1.81. The first-order valence-electron chi connectivity index (χ1n) is 9.21. The highest BCUT2D eigenvalue weighted by Crippen LogP contribution is 2.71. The number of ketones is 1. The van der Waals surface area contributed by atoms with E-state index in [1.807, 2.05) is 0 Å². The predicted octanol–water partition coefficient (Wildman–Crippen LogP) is -0.725. The van der Waals surface area contributed by atoms with E-state index in [1.54, 1.807) is 19.9 Å². The second-order valence-corrected chi connectivity index (χ2v) is 8.31. The Kier molecular flexibility index (Phi) is 4.08. The van der Waals surface area contributed by atoms with Crippen LogP contribution in [0.1, 0.15) is 27.7 Å². The SMILES string of the molecule is CC(=O)OCC12C(C=C(C)C(=O)C1O)OC1C(OC(C)=O)C(O)C2(C)C12CO2. The maximum Gasteiger partial charge on any atom is 0.303 e. The van der Waals surface area contributed by atoms with Gasteiger partial charge in [-0.1, -0.05) is 6.92 Å². The summed E-state index contributed by atoms with van der Waals surface area (Å²) in [5, 5.41) is 22.4. The average molecular weight is 396 g/mol. The lowest BCUT2D eigenvalue weighted by Gasteiger charge is -2.58. The Morgan fingerprint density at radius 3 is 2.46 bits per heavy atom. The van der Waals surface area contributed by atoms with Gasteiger partial charge in [0.1, 0.15) is 30.5 Å². The largest absolute Gasteiger partial charge is 0.465 e. The smallest absolute Gasteiger partial charge is 0.303 e. The van der Waals surface area contributed by atoms with Gasteiger partial charge in [-0.05, 0) is 18.6 Å². The third-order valence-electron chi connectivity index (χ3n) is 7.11. The Morgan fingerprint density at radius 2 is 1.93 bits per heavy atom. The molecule has 2 N–H and O–H groups in total. The summed E-state index contributed by atoms with van der Waals surface area (Å²) in [5.41, 5.74) is -3.54. The third-order valence-corrected chi connectivity index (χ3v) is 7.11. The van der Waals surface area contributed by atoms with Crippen LogP contribution in [-0.2, 0) is 33.3 Å². The normalized spacial score (nSPS) is 48.7. The molecule has 3 fully saturated rings. The fourth-order valence-electron chi connectivity index (χ4n) is 5.51. The first kappa shape index (κ1) is 19.5. The molecule has 2 bridgehead atoms. The molecule has 0 aromatic carbocycles. The molecule has 28 heavy (non-hydrogen) atoms. The molecule has 2 aliphatic heterocycles. The van der Waals surface area contributed by atoms with E-state index in [9.17, 15) is 24.6 Å². The van der Waals surface area contributed by atoms with E-state index in [1.165, 1.54) is 13.8 Å². The zero-order valence-electron chi connectivity index (χ0n) is 16.1. The number of epoxide rings is 1. The summed E-state index contributed by atoms with van der Waals surface area (Å²) in [6.07, 6.45) is -4.00. The van der Waals surface area contributed by atoms with Crippen LogP contribution < -0.4 is 0 Å². The Bertz CT molecular complexity index is 784. The molecule has 4 rings (SSSR count). The van der Waals surface area contributed by atoms with Crippen LogP contribution in [0.3, 0.4) is 0 Å². The van der Waals surface area contributed by atoms with Gasteiger partial charge in [-0.3, -0.25) is 14.4 Å². The second kappa shape index (κ2) is 5.85. The number of carbonyl (C=O) groups excluding carboxylic acids is 3. The summed E-state index contributed by atoms with van der Waals surface area (Å²) in [4.78, 5) is 35.9. The minimum Gasteiger partial charge on any atom is -0.465 e. The highest BCUT2D eigenvalue weighted by Gasteiger charge is 2.87. The Labute approximate surface area is 161 Å². The summed E-state index contributed by atoms with van der Waals surface area (Å²) in [5.74, 6) is -1.73. The number of carbonyl (C=O) groups is 3. The van der Waals surface area contributed by atoms with Gasteiger partial charge in [-0.15, -0.1) is 0 Å². The lowest BCUT2D eigenvalue weighted by molar-refractivity contribution is -0.256. The van der Waals surface area contributed by atoms with Gasteiger partial charge in [0.2, 0.25) is 0 Å². The summed E-state index contributed by atoms with van der Waals surface area (Å²) in [6.45, 7) is 5.51. The third kappa shape index (κ3) is 2.07. The molecule has 9 heteroatoms. The van der Waals surface area contributed by atoms with E-state index in [0.717, 1.165) is 0 Å². The number of Topliss-reactive ketones (excluding diaryl/α,β-unsaturated/α-hetero) is 1. The van der Waals surface area contributed by atoms with Crippen LogP contribution in [0.2, 0.25) is 0 Å². The average Bonchev–Trinajstić information content (AvgIpc) is 3.39. The minimum atomic E-state index is -1.60. The number of esters is 2. The molecule has 2 aliphatic carbocycles. The summed E-state index contributed by atoms with van der Waals surface area (Å²) < 4.78 is 22.5. The van der Waals surface area contributed by atoms with Crippen molar-refractivity contribution < 1.29 is 43.5 Å². The second-order valence-electron chi connectivity index (χ2n) is 8.31. The highest BCUT2D eigenvalue weighted by molar-refractivity contribution is 6.00. The molecular formula is C19H24O9. The lowest BCUT2D eigenvalue weighted by Crippen LogP contribution is -2.72. The van der Waals surface area contributed by atoms with Crippen LogP contribution in [-0.4, -0.2) is 77.3 Å². The molecule has 1 saturated carbocycles. The van der Waals surface area contributed by atoms with Crippen molar-refractivity contribution in [2.45, 2.75) is 63.8 Å². The number of fused-ring (bicyclic) bond motifs is 2. The molecule has 4 aliphatic rings. The molecule has 2 saturated heterocycles. The van der Waals surface area contributed by atoms with Crippen LogP contribution in [0.15, 0.2) is 11.6 Å². The maximum atomic E-state index is 12.7. The molecule has 0 radical (unpaired) electrons. The van der Waals surface area contributed by atoms with Gasteiger partial charge in [-0.25, -0.2) is 0 Å². The molecule has 8 atom stereocenters. The van der Waals surface area contributed by atoms with Gasteiger partial charge in [0.15, 0.2) is 11.9 Å². The number of hydrogen-bond donors (Lipinski definition) is 2. The zero-order valence-corrected chi connectivity index (χ0v) is 16.1. The maximum absolute atomic E-state index is 12.7. The van der Waals surface area contributed by atoms with E-state index in [2.05, 4.69) is 0 Å². The number of aliphatic hydroxyl groups excluding tert-OH is 2. The first-order valence-corrected chi connectivity index (χ1v) is 9.21. The number of rotatable bonds is 3. The van der Waals surface area contributed by atoms with Crippen molar-refractivity contribution in [1.29, 1.82) is 0 Å². The van der Waals surface area contributed by atoms with E-state index >= 15 is 0 Å². The van der Waals surface area contributed by atoms with Crippen molar-refractivity contribution in [3.8, 4) is 0 Å². The zero-order chi connectivity index (χ0) is 20.6. The summed E-state index contributed by atoms with van der Waals surface area (Å²) >= 11 is 0. The van der Waals surface area contributed by atoms with Crippen LogP contribution >= 0.6 is 0 Å². The fourth-order valence-corrected chi connectivity index (χ4v) is 5.51. The number of hydrogen-bond acceptors (Lipinski definition) is 9.